The zero-order valence-corrected chi connectivity index (χ0v) is 32.2. The average Bonchev–Trinajstić information content (AvgIpc) is 3.06. The zero-order chi connectivity index (χ0) is 35.0. The Bertz CT molecular complexity index is 660. The van der Waals surface area contributed by atoms with Crippen LogP contribution >= 0.6 is 0 Å². The number of hydrogen-bond donors (Lipinski definition) is 4. The van der Waals surface area contributed by atoms with Crippen molar-refractivity contribution in [3.63, 3.8) is 0 Å². The molecule has 0 fully saturated rings. The van der Waals surface area contributed by atoms with E-state index in [0.29, 0.717) is 18.9 Å². The van der Waals surface area contributed by atoms with Gasteiger partial charge in [-0.05, 0) is 51.6 Å². The first-order valence-electron chi connectivity index (χ1n) is 21.6. The molecule has 6 nitrogen and oxygen atoms in total. The molecule has 2 amide bonds. The molecule has 1 unspecified atom stereocenters. The van der Waals surface area contributed by atoms with Gasteiger partial charge in [-0.2, -0.15) is 0 Å². The number of nitrogens with one attached hydrogen (secondary N) is 1. The first kappa shape index (κ1) is 46.9. The summed E-state index contributed by atoms with van der Waals surface area (Å²) in [5, 5.41) is 3.94. The summed E-state index contributed by atoms with van der Waals surface area (Å²) in [4.78, 5) is 21.5. The molecule has 0 saturated heterocycles. The highest BCUT2D eigenvalue weighted by molar-refractivity contribution is 5.73. The lowest BCUT2D eigenvalue weighted by molar-refractivity contribution is -0.119. The van der Waals surface area contributed by atoms with E-state index < -0.39 is 0 Å². The van der Waals surface area contributed by atoms with Crippen molar-refractivity contribution in [3.8, 4) is 0 Å². The molecule has 0 saturated carbocycles. The molecule has 0 aromatic rings. The van der Waals surface area contributed by atoms with E-state index in [1.54, 1.807) is 0 Å². The van der Waals surface area contributed by atoms with E-state index in [1.165, 1.54) is 206 Å². The van der Waals surface area contributed by atoms with E-state index in [-0.39, 0.29) is 11.8 Å². The number of hydrogen-bond acceptors (Lipinski definition) is 4. The molecule has 0 aromatic carbocycles. The predicted molar refractivity (Wildman–Crippen MR) is 210 cm³/mol. The highest BCUT2D eigenvalue weighted by Gasteiger charge is 2.08. The normalized spacial score (nSPS) is 12.1. The van der Waals surface area contributed by atoms with Crippen LogP contribution in [-0.2, 0) is 9.59 Å². The first-order chi connectivity index (χ1) is 23.6. The Morgan fingerprint density at radius 1 is 0.354 bits per heavy atom. The fourth-order valence-electron chi connectivity index (χ4n) is 7.08. The Morgan fingerprint density at radius 2 is 0.604 bits per heavy atom. The maximum absolute atomic E-state index is 10.8. The monoisotopic (exact) mass is 679 g/mol. The molecule has 0 spiro atoms. The molecule has 48 heavy (non-hydrogen) atoms. The van der Waals surface area contributed by atoms with Crippen molar-refractivity contribution in [3.05, 3.63) is 0 Å². The summed E-state index contributed by atoms with van der Waals surface area (Å²) in [7, 11) is 0. The second-order valence-corrected chi connectivity index (χ2v) is 15.1. The molecular weight excluding hydrogens is 592 g/mol. The van der Waals surface area contributed by atoms with Crippen molar-refractivity contribution < 1.29 is 9.59 Å². The number of carbonyl (C=O) groups is 2. The van der Waals surface area contributed by atoms with Crippen LogP contribution < -0.4 is 22.5 Å². The summed E-state index contributed by atoms with van der Waals surface area (Å²) >= 11 is 0. The second kappa shape index (κ2) is 40.3. The van der Waals surface area contributed by atoms with Gasteiger partial charge in [0.25, 0.3) is 0 Å². The molecule has 286 valence electrons. The number of primary amides is 2. The third kappa shape index (κ3) is 41.0. The fraction of sp³-hybridized carbons (Fsp3) is 0.952. The van der Waals surface area contributed by atoms with Crippen molar-refractivity contribution in [2.75, 3.05) is 13.1 Å². The Kier molecular flexibility index (Phi) is 39.3. The summed E-state index contributed by atoms with van der Waals surface area (Å²) < 4.78 is 0. The van der Waals surface area contributed by atoms with E-state index in [1.807, 2.05) is 0 Å². The van der Waals surface area contributed by atoms with Crippen LogP contribution in [0, 0.1) is 0 Å². The van der Waals surface area contributed by atoms with Crippen LogP contribution in [0.1, 0.15) is 238 Å². The number of unbranched alkanes of at least 4 members (excludes halogenated alkanes) is 30. The number of rotatable bonds is 42. The number of nitrogens with two attached hydrogens (primary N) is 3. The van der Waals surface area contributed by atoms with E-state index in [4.69, 9.17) is 17.2 Å². The average molecular weight is 679 g/mol. The van der Waals surface area contributed by atoms with Crippen molar-refractivity contribution in [2.45, 2.75) is 244 Å². The SMILES string of the molecule is NCCCCCC(CCCCCCCCCCCCCCCCCC(N)=O)NCCCCCCCCCCCCCCCCCC(N)=O. The van der Waals surface area contributed by atoms with Crippen LogP contribution in [0.3, 0.4) is 0 Å². The van der Waals surface area contributed by atoms with Crippen molar-refractivity contribution in [1.29, 1.82) is 0 Å². The van der Waals surface area contributed by atoms with Gasteiger partial charge in [-0.15, -0.1) is 0 Å². The summed E-state index contributed by atoms with van der Waals surface area (Å²) in [6, 6.07) is 0.708. The van der Waals surface area contributed by atoms with Gasteiger partial charge in [0.15, 0.2) is 0 Å². The summed E-state index contributed by atoms with van der Waals surface area (Å²) in [5.41, 5.74) is 16.1. The zero-order valence-electron chi connectivity index (χ0n) is 32.2. The molecule has 0 rings (SSSR count). The lowest BCUT2D eigenvalue weighted by Crippen LogP contribution is -2.30. The highest BCUT2D eigenvalue weighted by Crippen LogP contribution is 2.17. The maximum Gasteiger partial charge on any atom is 0.217 e. The molecule has 6 heteroatoms. The first-order valence-corrected chi connectivity index (χ1v) is 21.6. The minimum atomic E-state index is -0.156. The van der Waals surface area contributed by atoms with Crippen LogP contribution in [0.15, 0.2) is 0 Å². The molecule has 1 atom stereocenters. The van der Waals surface area contributed by atoms with Crippen LogP contribution in [0.4, 0.5) is 0 Å². The highest BCUT2D eigenvalue weighted by atomic mass is 16.1. The summed E-state index contributed by atoms with van der Waals surface area (Å²) in [6.07, 6.45) is 47.7. The summed E-state index contributed by atoms with van der Waals surface area (Å²) in [6.45, 7) is 2.03. The van der Waals surface area contributed by atoms with Gasteiger partial charge in [-0.1, -0.05) is 186 Å². The van der Waals surface area contributed by atoms with Crippen LogP contribution in [0.25, 0.3) is 0 Å². The molecule has 0 bridgehead atoms. The van der Waals surface area contributed by atoms with E-state index in [0.717, 1.165) is 32.2 Å². The molecular formula is C42H86N4O2. The standard InChI is InChI=1S/C42H86N4O2/c43-38-32-27-29-35-40(34-28-23-19-15-11-7-3-1-4-8-12-16-20-24-30-36-41(44)47)46-39-33-26-22-18-14-10-6-2-5-9-13-17-21-25-31-37-42(45)48/h40,46H,1-39,43H2,(H2,44,47)(H2,45,48). The van der Waals surface area contributed by atoms with Gasteiger partial charge < -0.3 is 22.5 Å². The second-order valence-electron chi connectivity index (χ2n) is 15.1. The smallest absolute Gasteiger partial charge is 0.217 e. The lowest BCUT2D eigenvalue weighted by atomic mass is 10.00. The Hall–Kier alpha value is -1.14. The van der Waals surface area contributed by atoms with Crippen molar-refractivity contribution >= 4 is 11.8 Å². The van der Waals surface area contributed by atoms with Gasteiger partial charge in [-0.25, -0.2) is 0 Å². The van der Waals surface area contributed by atoms with Gasteiger partial charge >= 0.3 is 0 Å². The molecule has 0 aliphatic carbocycles. The third-order valence-corrected chi connectivity index (χ3v) is 10.3. The fourth-order valence-corrected chi connectivity index (χ4v) is 7.08. The topological polar surface area (TPSA) is 124 Å². The van der Waals surface area contributed by atoms with Gasteiger partial charge in [0.05, 0.1) is 0 Å². The lowest BCUT2D eigenvalue weighted by Gasteiger charge is -2.19. The van der Waals surface area contributed by atoms with Crippen LogP contribution in [0.5, 0.6) is 0 Å². The van der Waals surface area contributed by atoms with Crippen LogP contribution in [0.2, 0.25) is 0 Å². The minimum absolute atomic E-state index is 0.156. The number of amides is 2. The quantitative estimate of drug-likeness (QED) is 0.0479. The van der Waals surface area contributed by atoms with Crippen molar-refractivity contribution in [2.24, 2.45) is 17.2 Å². The molecule has 0 aliphatic rings. The Labute approximate surface area is 300 Å². The van der Waals surface area contributed by atoms with E-state index >= 15 is 0 Å². The Balaban J connectivity index is 3.59. The molecule has 0 heterocycles. The minimum Gasteiger partial charge on any atom is -0.370 e. The maximum atomic E-state index is 10.8. The van der Waals surface area contributed by atoms with Crippen LogP contribution in [-0.4, -0.2) is 30.9 Å². The van der Waals surface area contributed by atoms with E-state index in [9.17, 15) is 9.59 Å². The molecule has 0 aromatic heterocycles. The summed E-state index contributed by atoms with van der Waals surface area (Å²) in [5.74, 6) is -0.312. The largest absolute Gasteiger partial charge is 0.370 e. The number of carbonyl (C=O) groups excluding carboxylic acids is 2. The third-order valence-electron chi connectivity index (χ3n) is 10.3. The molecule has 0 aliphatic heterocycles. The van der Waals surface area contributed by atoms with Gasteiger partial charge in [0.1, 0.15) is 0 Å². The van der Waals surface area contributed by atoms with Gasteiger partial charge in [-0.3, -0.25) is 9.59 Å². The molecule has 0 radical (unpaired) electrons. The molecule has 7 N–H and O–H groups in total. The van der Waals surface area contributed by atoms with E-state index in [2.05, 4.69) is 5.32 Å². The van der Waals surface area contributed by atoms with Gasteiger partial charge in [0.2, 0.25) is 11.8 Å². The van der Waals surface area contributed by atoms with Gasteiger partial charge in [0, 0.05) is 18.9 Å². The van der Waals surface area contributed by atoms with Crippen molar-refractivity contribution in [1.82, 2.24) is 5.32 Å². The Morgan fingerprint density at radius 3 is 0.896 bits per heavy atom. The predicted octanol–water partition coefficient (Wildman–Crippen LogP) is 11.3.